The molecule has 2 N–H and O–H groups in total. The van der Waals surface area contributed by atoms with Crippen molar-refractivity contribution in [1.29, 1.82) is 0 Å². The van der Waals surface area contributed by atoms with Gasteiger partial charge in [-0.2, -0.15) is 0 Å². The molecule has 2 aromatic rings. The molecule has 0 aromatic heterocycles. The van der Waals surface area contributed by atoms with Gasteiger partial charge in [-0.1, -0.05) is 19.1 Å². The molecule has 0 saturated carbocycles. The van der Waals surface area contributed by atoms with Crippen LogP contribution in [0.4, 0.5) is 11.4 Å². The summed E-state index contributed by atoms with van der Waals surface area (Å²) < 4.78 is 24.9. The van der Waals surface area contributed by atoms with Gasteiger partial charge in [-0.25, -0.2) is 8.42 Å². The second kappa shape index (κ2) is 8.86. The monoisotopic (exact) mass is 415 g/mol. The van der Waals surface area contributed by atoms with Crippen LogP contribution in [0.25, 0.3) is 0 Å². The van der Waals surface area contributed by atoms with Crippen molar-refractivity contribution in [2.24, 2.45) is 5.92 Å². The first-order chi connectivity index (χ1) is 13.7. The van der Waals surface area contributed by atoms with Crippen LogP contribution >= 0.6 is 0 Å². The molecule has 29 heavy (non-hydrogen) atoms. The molecule has 3 rings (SSSR count). The molecule has 0 radical (unpaired) electrons. The standard InChI is InChI=1S/C22H29N3O3S/c1-16-12-14-25(15-13-16)21-10-6-18(7-11-21)17(2)23-22(26)19-4-8-20(9-5-19)24-29(3,27)28/h4-11,16-17,24H,12-15H2,1-3H3,(H,23,26). The van der Waals surface area contributed by atoms with Crippen molar-refractivity contribution >= 4 is 27.3 Å². The molecule has 1 amide bonds. The number of piperidine rings is 1. The quantitative estimate of drug-likeness (QED) is 0.752. The van der Waals surface area contributed by atoms with E-state index in [0.717, 1.165) is 30.8 Å². The Morgan fingerprint density at radius 1 is 1.03 bits per heavy atom. The van der Waals surface area contributed by atoms with Gasteiger partial charge in [0.15, 0.2) is 0 Å². The molecule has 156 valence electrons. The van der Waals surface area contributed by atoms with Gasteiger partial charge in [-0.3, -0.25) is 9.52 Å². The SMILES string of the molecule is CC1CCN(c2ccc(C(C)NC(=O)c3ccc(NS(C)(=O)=O)cc3)cc2)CC1. The predicted octanol–water partition coefficient (Wildman–Crippen LogP) is 3.79. The van der Waals surface area contributed by atoms with E-state index >= 15 is 0 Å². The molecular formula is C22H29N3O3S. The summed E-state index contributed by atoms with van der Waals surface area (Å²) in [6, 6.07) is 14.6. The molecule has 1 atom stereocenters. The van der Waals surface area contributed by atoms with E-state index in [2.05, 4.69) is 46.1 Å². The number of sulfonamides is 1. The zero-order valence-electron chi connectivity index (χ0n) is 17.2. The van der Waals surface area contributed by atoms with E-state index in [9.17, 15) is 13.2 Å². The lowest BCUT2D eigenvalue weighted by Crippen LogP contribution is -2.32. The fourth-order valence-electron chi connectivity index (χ4n) is 3.51. The third-order valence-electron chi connectivity index (χ3n) is 5.34. The largest absolute Gasteiger partial charge is 0.372 e. The summed E-state index contributed by atoms with van der Waals surface area (Å²) in [5.74, 6) is 0.606. The molecule has 1 heterocycles. The fraction of sp³-hybridized carbons (Fsp3) is 0.409. The molecule has 1 aliphatic rings. The predicted molar refractivity (Wildman–Crippen MR) is 118 cm³/mol. The first-order valence-electron chi connectivity index (χ1n) is 9.95. The van der Waals surface area contributed by atoms with E-state index in [4.69, 9.17) is 0 Å². The van der Waals surface area contributed by atoms with Crippen LogP contribution in [0.3, 0.4) is 0 Å². The van der Waals surface area contributed by atoms with Crippen molar-refractivity contribution < 1.29 is 13.2 Å². The molecule has 1 unspecified atom stereocenters. The fourth-order valence-corrected chi connectivity index (χ4v) is 4.07. The summed E-state index contributed by atoms with van der Waals surface area (Å²) in [4.78, 5) is 14.9. The van der Waals surface area contributed by atoms with Gasteiger partial charge in [0.25, 0.3) is 5.91 Å². The van der Waals surface area contributed by atoms with E-state index in [1.807, 2.05) is 6.92 Å². The van der Waals surface area contributed by atoms with E-state index in [1.54, 1.807) is 24.3 Å². The topological polar surface area (TPSA) is 78.5 Å². The van der Waals surface area contributed by atoms with Crippen LogP contribution in [0.1, 0.15) is 48.7 Å². The van der Waals surface area contributed by atoms with Gasteiger partial charge < -0.3 is 10.2 Å². The van der Waals surface area contributed by atoms with Crippen LogP contribution < -0.4 is 14.9 Å². The Balaban J connectivity index is 1.59. The summed E-state index contributed by atoms with van der Waals surface area (Å²) >= 11 is 0. The molecule has 1 aliphatic heterocycles. The van der Waals surface area contributed by atoms with Crippen LogP contribution in [0, 0.1) is 5.92 Å². The maximum atomic E-state index is 12.5. The summed E-state index contributed by atoms with van der Waals surface area (Å²) in [5.41, 5.74) is 3.19. The molecule has 6 nitrogen and oxygen atoms in total. The highest BCUT2D eigenvalue weighted by molar-refractivity contribution is 7.92. The minimum absolute atomic E-state index is 0.133. The lowest BCUT2D eigenvalue weighted by atomic mass is 9.98. The van der Waals surface area contributed by atoms with Gasteiger partial charge in [0.05, 0.1) is 12.3 Å². The Bertz CT molecular complexity index is 932. The van der Waals surface area contributed by atoms with Gasteiger partial charge in [-0.15, -0.1) is 0 Å². The normalized spacial score (nSPS) is 16.3. The summed E-state index contributed by atoms with van der Waals surface area (Å²) in [5, 5.41) is 2.99. The average molecular weight is 416 g/mol. The number of rotatable bonds is 6. The molecule has 1 saturated heterocycles. The minimum Gasteiger partial charge on any atom is -0.372 e. The maximum Gasteiger partial charge on any atom is 0.251 e. The Kier molecular flexibility index (Phi) is 6.47. The van der Waals surface area contributed by atoms with Crippen molar-refractivity contribution in [2.75, 3.05) is 29.0 Å². The van der Waals surface area contributed by atoms with Gasteiger partial charge in [-0.05, 0) is 67.6 Å². The van der Waals surface area contributed by atoms with Crippen LogP contribution in [0.5, 0.6) is 0 Å². The Hall–Kier alpha value is -2.54. The molecule has 2 aromatic carbocycles. The number of carbonyl (C=O) groups is 1. The summed E-state index contributed by atoms with van der Waals surface area (Å²) in [7, 11) is -3.33. The first kappa shape index (κ1) is 21.2. The number of hydrogen-bond acceptors (Lipinski definition) is 4. The number of nitrogens with zero attached hydrogens (tertiary/aromatic N) is 1. The Morgan fingerprint density at radius 3 is 2.17 bits per heavy atom. The van der Waals surface area contributed by atoms with E-state index in [0.29, 0.717) is 11.3 Å². The van der Waals surface area contributed by atoms with Crippen molar-refractivity contribution in [1.82, 2.24) is 5.32 Å². The number of amides is 1. The molecule has 0 spiro atoms. The van der Waals surface area contributed by atoms with Crippen LogP contribution in [0.15, 0.2) is 48.5 Å². The van der Waals surface area contributed by atoms with Crippen LogP contribution in [-0.4, -0.2) is 33.7 Å². The van der Waals surface area contributed by atoms with Crippen molar-refractivity contribution in [3.05, 3.63) is 59.7 Å². The first-order valence-corrected chi connectivity index (χ1v) is 11.8. The summed E-state index contributed by atoms with van der Waals surface area (Å²) in [6.07, 6.45) is 3.55. The minimum atomic E-state index is -3.33. The van der Waals surface area contributed by atoms with Crippen molar-refractivity contribution in [2.45, 2.75) is 32.7 Å². The second-order valence-corrected chi connectivity index (χ2v) is 9.66. The highest BCUT2D eigenvalue weighted by atomic mass is 32.2. The average Bonchev–Trinajstić information content (AvgIpc) is 2.68. The molecular weight excluding hydrogens is 386 g/mol. The second-order valence-electron chi connectivity index (χ2n) is 7.91. The maximum absolute atomic E-state index is 12.5. The third kappa shape index (κ3) is 5.97. The Morgan fingerprint density at radius 2 is 1.62 bits per heavy atom. The third-order valence-corrected chi connectivity index (χ3v) is 5.95. The number of carbonyl (C=O) groups excluding carboxylic acids is 1. The molecule has 0 bridgehead atoms. The van der Waals surface area contributed by atoms with Crippen molar-refractivity contribution in [3.8, 4) is 0 Å². The number of nitrogens with one attached hydrogen (secondary N) is 2. The lowest BCUT2D eigenvalue weighted by molar-refractivity contribution is 0.0940. The summed E-state index contributed by atoms with van der Waals surface area (Å²) in [6.45, 7) is 6.45. The van der Waals surface area contributed by atoms with Crippen LogP contribution in [-0.2, 0) is 10.0 Å². The lowest BCUT2D eigenvalue weighted by Gasteiger charge is -2.32. The van der Waals surface area contributed by atoms with Gasteiger partial charge in [0.2, 0.25) is 10.0 Å². The molecule has 1 fully saturated rings. The number of anilines is 2. The van der Waals surface area contributed by atoms with Gasteiger partial charge in [0, 0.05) is 30.0 Å². The van der Waals surface area contributed by atoms with Gasteiger partial charge in [0.1, 0.15) is 0 Å². The Labute approximate surface area is 173 Å². The zero-order valence-corrected chi connectivity index (χ0v) is 18.0. The van der Waals surface area contributed by atoms with E-state index in [1.165, 1.54) is 18.5 Å². The molecule has 0 aliphatic carbocycles. The van der Waals surface area contributed by atoms with E-state index in [-0.39, 0.29) is 11.9 Å². The highest BCUT2D eigenvalue weighted by Crippen LogP contribution is 2.24. The van der Waals surface area contributed by atoms with E-state index < -0.39 is 10.0 Å². The smallest absolute Gasteiger partial charge is 0.251 e. The van der Waals surface area contributed by atoms with Crippen LogP contribution in [0.2, 0.25) is 0 Å². The van der Waals surface area contributed by atoms with Crippen molar-refractivity contribution in [3.63, 3.8) is 0 Å². The zero-order chi connectivity index (χ0) is 21.0. The molecule has 7 heteroatoms. The number of hydrogen-bond donors (Lipinski definition) is 2. The van der Waals surface area contributed by atoms with Gasteiger partial charge >= 0.3 is 0 Å². The highest BCUT2D eigenvalue weighted by Gasteiger charge is 2.17. The number of benzene rings is 2.